The zero-order valence-corrected chi connectivity index (χ0v) is 13.5. The number of phenolic OH excluding ortho intramolecular Hbond substituents is 1. The number of pyridine rings is 1. The van der Waals surface area contributed by atoms with E-state index in [2.05, 4.69) is 20.9 Å². The lowest BCUT2D eigenvalue weighted by Gasteiger charge is -2.09. The summed E-state index contributed by atoms with van der Waals surface area (Å²) in [6.07, 6.45) is 5.11. The standard InChI is InChI=1S/C18H11BrN2O2/c19-15-8-14(17(22)16-13(15)6-3-7-20-16)18(23)21-9-11-4-1-2-5-12(11)10-21/h1-10,22H. The maximum atomic E-state index is 12.8. The number of benzene rings is 2. The van der Waals surface area contributed by atoms with E-state index in [0.717, 1.165) is 20.6 Å². The Labute approximate surface area is 140 Å². The molecule has 0 amide bonds. The van der Waals surface area contributed by atoms with Gasteiger partial charge in [-0.3, -0.25) is 14.3 Å². The molecule has 4 aromatic rings. The van der Waals surface area contributed by atoms with Crippen LogP contribution in [-0.2, 0) is 0 Å². The van der Waals surface area contributed by atoms with Crippen molar-refractivity contribution >= 4 is 43.5 Å². The number of fused-ring (bicyclic) bond motifs is 2. The number of aromatic nitrogens is 2. The summed E-state index contributed by atoms with van der Waals surface area (Å²) < 4.78 is 2.21. The Morgan fingerprint density at radius 1 is 1.09 bits per heavy atom. The lowest BCUT2D eigenvalue weighted by molar-refractivity contribution is 0.0958. The van der Waals surface area contributed by atoms with Gasteiger partial charge >= 0.3 is 0 Å². The maximum Gasteiger partial charge on any atom is 0.265 e. The minimum Gasteiger partial charge on any atom is -0.505 e. The molecule has 0 atom stereocenters. The molecule has 2 aromatic carbocycles. The van der Waals surface area contributed by atoms with Crippen LogP contribution in [0, 0.1) is 0 Å². The monoisotopic (exact) mass is 366 g/mol. The van der Waals surface area contributed by atoms with Crippen molar-refractivity contribution in [2.45, 2.75) is 0 Å². The van der Waals surface area contributed by atoms with Gasteiger partial charge in [0, 0.05) is 28.4 Å². The summed E-state index contributed by atoms with van der Waals surface area (Å²) in [6.45, 7) is 0. The number of rotatable bonds is 1. The number of halogens is 1. The summed E-state index contributed by atoms with van der Waals surface area (Å²) >= 11 is 3.44. The largest absolute Gasteiger partial charge is 0.505 e. The Kier molecular flexibility index (Phi) is 3.16. The van der Waals surface area contributed by atoms with Crippen LogP contribution in [-0.4, -0.2) is 20.6 Å². The molecule has 0 aliphatic heterocycles. The van der Waals surface area contributed by atoms with Gasteiger partial charge in [0.2, 0.25) is 0 Å². The summed E-state index contributed by atoms with van der Waals surface area (Å²) in [7, 11) is 0. The molecule has 5 heteroatoms. The first-order chi connectivity index (χ1) is 11.1. The Balaban J connectivity index is 1.91. The van der Waals surface area contributed by atoms with Crippen molar-refractivity contribution in [1.29, 1.82) is 0 Å². The number of phenols is 1. The van der Waals surface area contributed by atoms with Crippen LogP contribution in [0.4, 0.5) is 0 Å². The van der Waals surface area contributed by atoms with Crippen molar-refractivity contribution in [3.05, 3.63) is 71.1 Å². The molecule has 0 unspecified atom stereocenters. The molecule has 1 N–H and O–H groups in total. The smallest absolute Gasteiger partial charge is 0.265 e. The Morgan fingerprint density at radius 3 is 2.48 bits per heavy atom. The summed E-state index contributed by atoms with van der Waals surface area (Å²) in [6, 6.07) is 13.0. The Bertz CT molecular complexity index is 1040. The van der Waals surface area contributed by atoms with E-state index in [-0.39, 0.29) is 17.2 Å². The molecule has 2 heterocycles. The van der Waals surface area contributed by atoms with E-state index in [1.165, 1.54) is 4.57 Å². The van der Waals surface area contributed by atoms with Gasteiger partial charge in [0.15, 0.2) is 5.75 Å². The second-order valence-corrected chi connectivity index (χ2v) is 6.11. The third kappa shape index (κ3) is 2.21. The Morgan fingerprint density at radius 2 is 1.78 bits per heavy atom. The van der Waals surface area contributed by atoms with Gasteiger partial charge in [0.05, 0.1) is 5.56 Å². The molecule has 0 saturated heterocycles. The molecule has 0 aliphatic rings. The first-order valence-corrected chi connectivity index (χ1v) is 7.82. The highest BCUT2D eigenvalue weighted by atomic mass is 79.9. The highest BCUT2D eigenvalue weighted by Gasteiger charge is 2.18. The van der Waals surface area contributed by atoms with E-state index < -0.39 is 0 Å². The highest BCUT2D eigenvalue weighted by molar-refractivity contribution is 9.10. The topological polar surface area (TPSA) is 55.1 Å². The number of nitrogens with zero attached hydrogens (tertiary/aromatic N) is 2. The lowest BCUT2D eigenvalue weighted by Crippen LogP contribution is -2.10. The van der Waals surface area contributed by atoms with Gasteiger partial charge in [0.1, 0.15) is 5.52 Å². The number of carbonyl (C=O) groups excluding carboxylic acids is 1. The summed E-state index contributed by atoms with van der Waals surface area (Å²) in [5.74, 6) is -0.404. The van der Waals surface area contributed by atoms with Crippen molar-refractivity contribution in [2.75, 3.05) is 0 Å². The third-order valence-corrected chi connectivity index (χ3v) is 4.49. The number of hydrogen-bond acceptors (Lipinski definition) is 3. The van der Waals surface area contributed by atoms with Crippen molar-refractivity contribution < 1.29 is 9.90 Å². The van der Waals surface area contributed by atoms with Crippen LogP contribution in [0.1, 0.15) is 10.4 Å². The van der Waals surface area contributed by atoms with Crippen LogP contribution >= 0.6 is 15.9 Å². The summed E-state index contributed by atoms with van der Waals surface area (Å²) in [5, 5.41) is 13.2. The number of carbonyl (C=O) groups is 1. The van der Waals surface area contributed by atoms with Crippen LogP contribution in [0.5, 0.6) is 5.75 Å². The predicted molar refractivity (Wildman–Crippen MR) is 92.8 cm³/mol. The van der Waals surface area contributed by atoms with Gasteiger partial charge in [-0.25, -0.2) is 0 Å². The zero-order valence-electron chi connectivity index (χ0n) is 11.9. The molecule has 0 aliphatic carbocycles. The first-order valence-electron chi connectivity index (χ1n) is 7.03. The van der Waals surface area contributed by atoms with Crippen LogP contribution in [0.3, 0.4) is 0 Å². The van der Waals surface area contributed by atoms with E-state index in [1.807, 2.05) is 30.3 Å². The number of hydrogen-bond donors (Lipinski definition) is 1. The second-order valence-electron chi connectivity index (χ2n) is 5.25. The number of aromatic hydroxyl groups is 1. The van der Waals surface area contributed by atoms with E-state index in [9.17, 15) is 9.90 Å². The maximum absolute atomic E-state index is 12.8. The molecule has 0 radical (unpaired) electrons. The van der Waals surface area contributed by atoms with Gasteiger partial charge in [-0.1, -0.05) is 46.3 Å². The minimum absolute atomic E-state index is 0.105. The molecule has 0 bridgehead atoms. The third-order valence-electron chi connectivity index (χ3n) is 3.83. The fourth-order valence-corrected chi connectivity index (χ4v) is 3.24. The molecular weight excluding hydrogens is 356 g/mol. The van der Waals surface area contributed by atoms with Crippen LogP contribution in [0.15, 0.2) is 65.5 Å². The molecule has 4 rings (SSSR count). The van der Waals surface area contributed by atoms with E-state index >= 15 is 0 Å². The lowest BCUT2D eigenvalue weighted by atomic mass is 10.1. The van der Waals surface area contributed by atoms with Crippen LogP contribution < -0.4 is 0 Å². The van der Waals surface area contributed by atoms with Gasteiger partial charge < -0.3 is 5.11 Å². The second kappa shape index (κ2) is 5.21. The molecule has 0 fully saturated rings. The fraction of sp³-hybridized carbons (Fsp3) is 0. The van der Waals surface area contributed by atoms with Crippen molar-refractivity contribution in [2.24, 2.45) is 0 Å². The quantitative estimate of drug-likeness (QED) is 0.544. The SMILES string of the molecule is O=C(c1cc(Br)c2cccnc2c1O)n1cc2ccccc2c1. The van der Waals surface area contributed by atoms with Crippen LogP contribution in [0.2, 0.25) is 0 Å². The average Bonchev–Trinajstić information content (AvgIpc) is 3.01. The van der Waals surface area contributed by atoms with Gasteiger partial charge in [0.25, 0.3) is 5.91 Å². The van der Waals surface area contributed by atoms with Gasteiger partial charge in [-0.05, 0) is 22.9 Å². The fourth-order valence-electron chi connectivity index (χ4n) is 2.69. The molecule has 112 valence electrons. The van der Waals surface area contributed by atoms with Gasteiger partial charge in [-0.15, -0.1) is 0 Å². The molecular formula is C18H11BrN2O2. The first kappa shape index (κ1) is 14.0. The van der Waals surface area contributed by atoms with Crippen molar-refractivity contribution in [3.8, 4) is 5.75 Å². The zero-order chi connectivity index (χ0) is 16.0. The van der Waals surface area contributed by atoms with Crippen molar-refractivity contribution in [3.63, 3.8) is 0 Å². The van der Waals surface area contributed by atoms with Gasteiger partial charge in [-0.2, -0.15) is 0 Å². The van der Waals surface area contributed by atoms with E-state index in [1.54, 1.807) is 30.7 Å². The summed E-state index contributed by atoms with van der Waals surface area (Å²) in [4.78, 5) is 17.0. The van der Waals surface area contributed by atoms with Crippen molar-refractivity contribution in [1.82, 2.24) is 9.55 Å². The highest BCUT2D eigenvalue weighted by Crippen LogP contribution is 2.33. The van der Waals surface area contributed by atoms with E-state index in [0.29, 0.717) is 5.52 Å². The molecule has 2 aromatic heterocycles. The molecule has 0 saturated carbocycles. The van der Waals surface area contributed by atoms with E-state index in [4.69, 9.17) is 0 Å². The molecule has 4 nitrogen and oxygen atoms in total. The normalized spacial score (nSPS) is 11.2. The predicted octanol–water partition coefficient (Wildman–Crippen LogP) is 4.35. The Hall–Kier alpha value is -2.66. The van der Waals surface area contributed by atoms with Crippen LogP contribution in [0.25, 0.3) is 21.7 Å². The summed E-state index contributed by atoms with van der Waals surface area (Å²) in [5.41, 5.74) is 0.616. The molecule has 0 spiro atoms. The molecule has 23 heavy (non-hydrogen) atoms. The average molecular weight is 367 g/mol. The minimum atomic E-state index is -0.299.